The maximum absolute atomic E-state index is 14.5. The summed E-state index contributed by atoms with van der Waals surface area (Å²) in [5.74, 6) is -0.250. The first kappa shape index (κ1) is 37.7. The molecular weight excluding hydrogens is 754 g/mol. The van der Waals surface area contributed by atoms with Gasteiger partial charge in [-0.05, 0) is 138 Å². The first-order chi connectivity index (χ1) is 30.2. The maximum atomic E-state index is 14.5. The van der Waals surface area contributed by atoms with Gasteiger partial charge in [0.05, 0.1) is 5.69 Å². The molecule has 0 saturated heterocycles. The highest BCUT2D eigenvalue weighted by atomic mass is 19.1. The first-order valence-electron chi connectivity index (χ1n) is 21.6. The third-order valence-electron chi connectivity index (χ3n) is 13.6. The van der Waals surface area contributed by atoms with Crippen molar-refractivity contribution >= 4 is 17.1 Å². The highest BCUT2D eigenvalue weighted by Gasteiger charge is 2.37. The second-order valence-corrected chi connectivity index (χ2v) is 17.9. The molecule has 11 rings (SSSR count). The molecule has 0 atom stereocenters. The number of rotatable bonds is 7. The number of benzene rings is 9. The average molecular weight is 800 g/mol. The minimum Gasteiger partial charge on any atom is -0.310 e. The molecular formula is C60H46FN. The minimum absolute atomic E-state index is 0.0773. The molecule has 0 aliphatic heterocycles. The standard InChI is InChI=1S/C60H46FN/c1-59(2)53-18-10-8-15-49(53)51-35-27-43(37-55(51)59)41-25-33-47(34-26-41)62(46-31-23-40(24-32-46)39-13-6-5-7-14-39)57-20-12-17-48(42-21-29-45(61)30-22-42)58(57)44-28-36-52-50-16-9-11-19-54(50)60(3,4)56(52)38-44/h5-38H,1-4H3. The Labute approximate surface area is 364 Å². The number of hydrogen-bond donors (Lipinski definition) is 0. The lowest BCUT2D eigenvalue weighted by Gasteiger charge is -2.30. The van der Waals surface area contributed by atoms with Gasteiger partial charge in [-0.25, -0.2) is 4.39 Å². The Morgan fingerprint density at radius 2 is 0.742 bits per heavy atom. The lowest BCUT2D eigenvalue weighted by Crippen LogP contribution is -2.15. The van der Waals surface area contributed by atoms with E-state index in [0.717, 1.165) is 44.9 Å². The van der Waals surface area contributed by atoms with E-state index >= 15 is 0 Å². The Bertz CT molecular complexity index is 3160. The van der Waals surface area contributed by atoms with Crippen molar-refractivity contribution in [1.82, 2.24) is 0 Å². The Balaban J connectivity index is 1.09. The van der Waals surface area contributed by atoms with E-state index in [4.69, 9.17) is 0 Å². The van der Waals surface area contributed by atoms with Crippen molar-refractivity contribution in [3.63, 3.8) is 0 Å². The van der Waals surface area contributed by atoms with Crippen LogP contribution >= 0.6 is 0 Å². The van der Waals surface area contributed by atoms with Crippen LogP contribution in [0.3, 0.4) is 0 Å². The van der Waals surface area contributed by atoms with Gasteiger partial charge in [-0.3, -0.25) is 0 Å². The highest BCUT2D eigenvalue weighted by molar-refractivity contribution is 5.98. The molecule has 2 aliphatic carbocycles. The topological polar surface area (TPSA) is 3.24 Å². The van der Waals surface area contributed by atoms with Crippen LogP contribution in [-0.4, -0.2) is 0 Å². The molecule has 9 aromatic carbocycles. The van der Waals surface area contributed by atoms with E-state index in [9.17, 15) is 4.39 Å². The van der Waals surface area contributed by atoms with E-state index in [-0.39, 0.29) is 16.6 Å². The van der Waals surface area contributed by atoms with Gasteiger partial charge in [0.25, 0.3) is 0 Å². The van der Waals surface area contributed by atoms with Crippen LogP contribution in [0.4, 0.5) is 21.5 Å². The summed E-state index contributed by atoms with van der Waals surface area (Å²) in [7, 11) is 0. The van der Waals surface area contributed by atoms with Gasteiger partial charge in [0.15, 0.2) is 0 Å². The number of halogens is 1. The fourth-order valence-corrected chi connectivity index (χ4v) is 10.3. The molecule has 0 fully saturated rings. The molecule has 62 heavy (non-hydrogen) atoms. The third kappa shape index (κ3) is 6.04. The smallest absolute Gasteiger partial charge is 0.123 e. The molecule has 0 heterocycles. The summed E-state index contributed by atoms with van der Waals surface area (Å²) in [6.45, 7) is 9.34. The van der Waals surface area contributed by atoms with Crippen molar-refractivity contribution in [2.24, 2.45) is 0 Å². The average Bonchev–Trinajstić information content (AvgIpc) is 3.69. The molecule has 0 radical (unpaired) electrons. The molecule has 0 N–H and O–H groups in total. The molecule has 1 nitrogen and oxygen atoms in total. The highest BCUT2D eigenvalue weighted by Crippen LogP contribution is 2.53. The van der Waals surface area contributed by atoms with Crippen LogP contribution in [0.1, 0.15) is 49.9 Å². The van der Waals surface area contributed by atoms with Crippen LogP contribution in [-0.2, 0) is 10.8 Å². The summed E-state index contributed by atoms with van der Waals surface area (Å²) < 4.78 is 14.5. The summed E-state index contributed by atoms with van der Waals surface area (Å²) in [6, 6.07) is 73.4. The second-order valence-electron chi connectivity index (χ2n) is 17.9. The van der Waals surface area contributed by atoms with Crippen LogP contribution in [0.25, 0.3) is 66.8 Å². The molecule has 0 aromatic heterocycles. The van der Waals surface area contributed by atoms with Crippen LogP contribution in [0.15, 0.2) is 206 Å². The van der Waals surface area contributed by atoms with Gasteiger partial charge in [0, 0.05) is 27.8 Å². The quantitative estimate of drug-likeness (QED) is 0.155. The normalized spacial score (nSPS) is 13.8. The van der Waals surface area contributed by atoms with Crippen molar-refractivity contribution in [3.05, 3.63) is 234 Å². The number of anilines is 3. The van der Waals surface area contributed by atoms with Gasteiger partial charge < -0.3 is 4.90 Å². The zero-order chi connectivity index (χ0) is 42.2. The largest absolute Gasteiger partial charge is 0.310 e. The zero-order valence-electron chi connectivity index (χ0n) is 35.5. The van der Waals surface area contributed by atoms with Gasteiger partial charge in [-0.15, -0.1) is 0 Å². The van der Waals surface area contributed by atoms with Crippen molar-refractivity contribution in [2.45, 2.75) is 38.5 Å². The van der Waals surface area contributed by atoms with E-state index in [2.05, 4.69) is 215 Å². The number of hydrogen-bond acceptors (Lipinski definition) is 1. The Kier molecular flexibility index (Phi) is 8.77. The predicted octanol–water partition coefficient (Wildman–Crippen LogP) is 16.6. The van der Waals surface area contributed by atoms with Crippen LogP contribution in [0, 0.1) is 5.82 Å². The predicted molar refractivity (Wildman–Crippen MR) is 258 cm³/mol. The van der Waals surface area contributed by atoms with Crippen LogP contribution < -0.4 is 4.90 Å². The Morgan fingerprint density at radius 3 is 1.32 bits per heavy atom. The zero-order valence-corrected chi connectivity index (χ0v) is 35.5. The summed E-state index contributed by atoms with van der Waals surface area (Å²) in [5, 5.41) is 0. The fourth-order valence-electron chi connectivity index (χ4n) is 10.3. The molecule has 0 amide bonds. The third-order valence-corrected chi connectivity index (χ3v) is 13.6. The van der Waals surface area contributed by atoms with Crippen molar-refractivity contribution < 1.29 is 4.39 Å². The molecule has 0 bridgehead atoms. The first-order valence-corrected chi connectivity index (χ1v) is 21.6. The molecule has 0 spiro atoms. The maximum Gasteiger partial charge on any atom is 0.123 e. The minimum atomic E-state index is -0.250. The lowest BCUT2D eigenvalue weighted by atomic mass is 9.81. The monoisotopic (exact) mass is 799 g/mol. The number of fused-ring (bicyclic) bond motifs is 6. The Hall–Kier alpha value is -7.29. The SMILES string of the molecule is CC1(C)c2ccccc2-c2ccc(-c3ccc(N(c4ccc(-c5ccccc5)cc4)c4cccc(-c5ccc(F)cc5)c4-c4ccc5c(c4)C(C)(C)c4ccccc4-5)cc3)cc21. The summed E-state index contributed by atoms with van der Waals surface area (Å²) in [6.07, 6.45) is 0. The van der Waals surface area contributed by atoms with E-state index in [1.807, 2.05) is 12.1 Å². The summed E-state index contributed by atoms with van der Waals surface area (Å²) in [4.78, 5) is 2.39. The molecule has 2 aliphatic rings. The van der Waals surface area contributed by atoms with E-state index in [1.54, 1.807) is 12.1 Å². The van der Waals surface area contributed by atoms with Gasteiger partial charge in [0.2, 0.25) is 0 Å². The van der Waals surface area contributed by atoms with Crippen LogP contribution in [0.5, 0.6) is 0 Å². The van der Waals surface area contributed by atoms with E-state index in [1.165, 1.54) is 61.2 Å². The molecule has 9 aromatic rings. The van der Waals surface area contributed by atoms with Crippen molar-refractivity contribution in [1.29, 1.82) is 0 Å². The van der Waals surface area contributed by atoms with Crippen LogP contribution in [0.2, 0.25) is 0 Å². The van der Waals surface area contributed by atoms with Gasteiger partial charge in [-0.1, -0.05) is 179 Å². The molecule has 2 heteroatoms. The fraction of sp³-hybridized carbons (Fsp3) is 0.100. The molecule has 0 unspecified atom stereocenters. The van der Waals surface area contributed by atoms with E-state index < -0.39 is 0 Å². The van der Waals surface area contributed by atoms with Crippen molar-refractivity contribution in [2.75, 3.05) is 4.90 Å². The number of nitrogens with zero attached hydrogens (tertiary/aromatic N) is 1. The van der Waals surface area contributed by atoms with Gasteiger partial charge >= 0.3 is 0 Å². The Morgan fingerprint density at radius 1 is 0.323 bits per heavy atom. The summed E-state index contributed by atoms with van der Waals surface area (Å²) in [5.41, 5.74) is 22.4. The second kappa shape index (κ2) is 14.4. The summed E-state index contributed by atoms with van der Waals surface area (Å²) >= 11 is 0. The van der Waals surface area contributed by atoms with Crippen molar-refractivity contribution in [3.8, 4) is 66.8 Å². The molecule has 298 valence electrons. The van der Waals surface area contributed by atoms with E-state index in [0.29, 0.717) is 0 Å². The van der Waals surface area contributed by atoms with Gasteiger partial charge in [-0.2, -0.15) is 0 Å². The lowest BCUT2D eigenvalue weighted by molar-refractivity contribution is 0.628. The molecule has 0 saturated carbocycles. The van der Waals surface area contributed by atoms with Gasteiger partial charge in [0.1, 0.15) is 5.82 Å².